The fourth-order valence-corrected chi connectivity index (χ4v) is 1.78. The van der Waals surface area contributed by atoms with Gasteiger partial charge in [-0.3, -0.25) is 0 Å². The van der Waals surface area contributed by atoms with E-state index in [4.69, 9.17) is 14.6 Å². The van der Waals surface area contributed by atoms with Gasteiger partial charge < -0.3 is 14.6 Å². The zero-order chi connectivity index (χ0) is 17.7. The monoisotopic (exact) mass is 338 g/mol. The first-order valence-electron chi connectivity index (χ1n) is 6.82. The molecule has 0 radical (unpaired) electrons. The summed E-state index contributed by atoms with van der Waals surface area (Å²) < 4.78 is 48.0. The molecule has 0 atom stereocenters. The summed E-state index contributed by atoms with van der Waals surface area (Å²) >= 11 is 0. The Balaban J connectivity index is 2.05. The number of allylic oxidation sites excluding steroid dienone is 1. The van der Waals surface area contributed by atoms with Crippen LogP contribution in [0.25, 0.3) is 0 Å². The first-order chi connectivity index (χ1) is 11.3. The topological polar surface area (TPSA) is 55.8 Å². The molecule has 0 bridgehead atoms. The van der Waals surface area contributed by atoms with Crippen LogP contribution >= 0.6 is 0 Å². The van der Waals surface area contributed by atoms with Crippen molar-refractivity contribution < 1.29 is 32.5 Å². The van der Waals surface area contributed by atoms with E-state index >= 15 is 0 Å². The second kappa shape index (κ2) is 7.08. The highest BCUT2D eigenvalue weighted by molar-refractivity contribution is 5.84. The number of carboxylic acids is 1. The summed E-state index contributed by atoms with van der Waals surface area (Å²) in [4.78, 5) is 10.8. The maximum Gasteiger partial charge on any atom is 0.416 e. The summed E-state index contributed by atoms with van der Waals surface area (Å²) in [7, 11) is 0. The van der Waals surface area contributed by atoms with Gasteiger partial charge in [0.25, 0.3) is 0 Å². The summed E-state index contributed by atoms with van der Waals surface area (Å²) in [6.07, 6.45) is -3.08. The normalized spacial score (nSPS) is 11.9. The lowest BCUT2D eigenvalue weighted by Crippen LogP contribution is -2.07. The summed E-state index contributed by atoms with van der Waals surface area (Å²) in [5.74, 6) is -0.491. The number of rotatable bonds is 5. The second-order valence-electron chi connectivity index (χ2n) is 4.66. The minimum atomic E-state index is -4.40. The van der Waals surface area contributed by atoms with Crippen molar-refractivity contribution in [2.75, 3.05) is 0 Å². The standard InChI is InChI=1S/C17H13F3O4/c1-2-15(16(21)22)24-14-9-7-13(8-10-14)23-12-5-3-11(4-6-12)17(18,19)20/h2-10H,1H3,(H,21,22). The SMILES string of the molecule is CC=C(Oc1ccc(Oc2ccc(C(F)(F)F)cc2)cc1)C(=O)O. The third-order valence-corrected chi connectivity index (χ3v) is 2.94. The molecule has 0 saturated heterocycles. The van der Waals surface area contributed by atoms with Crippen LogP contribution in [0, 0.1) is 0 Å². The molecule has 0 aliphatic heterocycles. The quantitative estimate of drug-likeness (QED) is 0.624. The van der Waals surface area contributed by atoms with Gasteiger partial charge in [0, 0.05) is 0 Å². The van der Waals surface area contributed by atoms with Gasteiger partial charge in [0.1, 0.15) is 17.2 Å². The molecule has 24 heavy (non-hydrogen) atoms. The summed E-state index contributed by atoms with van der Waals surface area (Å²) in [6.45, 7) is 1.53. The Morgan fingerprint density at radius 3 is 1.83 bits per heavy atom. The number of hydrogen-bond acceptors (Lipinski definition) is 3. The highest BCUT2D eigenvalue weighted by Gasteiger charge is 2.30. The number of ether oxygens (including phenoxy) is 2. The lowest BCUT2D eigenvalue weighted by Gasteiger charge is -2.10. The third kappa shape index (κ3) is 4.52. The molecule has 126 valence electrons. The molecule has 4 nitrogen and oxygen atoms in total. The Hall–Kier alpha value is -2.96. The van der Waals surface area contributed by atoms with Crippen molar-refractivity contribution in [1.29, 1.82) is 0 Å². The molecular weight excluding hydrogens is 325 g/mol. The van der Waals surface area contributed by atoms with Crippen LogP contribution in [0.3, 0.4) is 0 Å². The molecule has 0 amide bonds. The van der Waals surface area contributed by atoms with Gasteiger partial charge in [0.2, 0.25) is 5.76 Å². The van der Waals surface area contributed by atoms with E-state index in [2.05, 4.69) is 0 Å². The molecule has 7 heteroatoms. The van der Waals surface area contributed by atoms with E-state index in [1.165, 1.54) is 49.4 Å². The van der Waals surface area contributed by atoms with Crippen molar-refractivity contribution in [2.24, 2.45) is 0 Å². The predicted octanol–water partition coefficient (Wildman–Crippen LogP) is 4.86. The maximum atomic E-state index is 12.5. The van der Waals surface area contributed by atoms with Crippen LogP contribution in [-0.2, 0) is 11.0 Å². The molecule has 2 aromatic rings. The summed E-state index contributed by atoms with van der Waals surface area (Å²) in [5.41, 5.74) is -0.758. The number of aliphatic carboxylic acids is 1. The minimum absolute atomic E-state index is 0.216. The molecule has 2 aromatic carbocycles. The van der Waals surface area contributed by atoms with Gasteiger partial charge in [-0.05, 0) is 61.5 Å². The van der Waals surface area contributed by atoms with E-state index < -0.39 is 17.7 Å². The Labute approximate surface area is 135 Å². The summed E-state index contributed by atoms with van der Waals surface area (Å²) in [5, 5.41) is 8.87. The number of alkyl halides is 3. The van der Waals surface area contributed by atoms with Crippen LogP contribution in [0.2, 0.25) is 0 Å². The average molecular weight is 338 g/mol. The first-order valence-corrected chi connectivity index (χ1v) is 6.82. The summed E-state index contributed by atoms with van der Waals surface area (Å²) in [6, 6.07) is 10.3. The molecule has 0 aliphatic rings. The molecule has 0 saturated carbocycles. The van der Waals surface area contributed by atoms with E-state index in [1.54, 1.807) is 0 Å². The van der Waals surface area contributed by atoms with Crippen LogP contribution in [-0.4, -0.2) is 11.1 Å². The van der Waals surface area contributed by atoms with Gasteiger partial charge >= 0.3 is 12.1 Å². The zero-order valence-electron chi connectivity index (χ0n) is 12.5. The average Bonchev–Trinajstić information content (AvgIpc) is 2.53. The van der Waals surface area contributed by atoms with Crippen LogP contribution in [0.5, 0.6) is 17.2 Å². The second-order valence-corrected chi connectivity index (χ2v) is 4.66. The number of carbonyl (C=O) groups is 1. The molecule has 2 rings (SSSR count). The van der Waals surface area contributed by atoms with Gasteiger partial charge in [0.05, 0.1) is 5.56 Å². The van der Waals surface area contributed by atoms with Gasteiger partial charge in [-0.1, -0.05) is 0 Å². The molecule has 0 aliphatic carbocycles. The Kier molecular flexibility index (Phi) is 5.13. The van der Waals surface area contributed by atoms with Crippen LogP contribution in [0.4, 0.5) is 13.2 Å². The van der Waals surface area contributed by atoms with Gasteiger partial charge in [-0.25, -0.2) is 4.79 Å². The van der Waals surface area contributed by atoms with E-state index in [0.717, 1.165) is 12.1 Å². The lowest BCUT2D eigenvalue weighted by molar-refractivity contribution is -0.137. The minimum Gasteiger partial charge on any atom is -0.475 e. The van der Waals surface area contributed by atoms with Crippen LogP contribution in [0.1, 0.15) is 12.5 Å². The molecule has 1 N–H and O–H groups in total. The highest BCUT2D eigenvalue weighted by atomic mass is 19.4. The van der Waals surface area contributed by atoms with Crippen molar-refractivity contribution in [3.8, 4) is 17.2 Å². The Morgan fingerprint density at radius 1 is 0.958 bits per heavy atom. The number of benzene rings is 2. The number of carboxylic acid groups (broad SMARTS) is 1. The lowest BCUT2D eigenvalue weighted by atomic mass is 10.2. The fourth-order valence-electron chi connectivity index (χ4n) is 1.78. The molecule has 0 fully saturated rings. The number of hydrogen-bond donors (Lipinski definition) is 1. The molecule has 0 aromatic heterocycles. The van der Waals surface area contributed by atoms with Crippen molar-refractivity contribution in [3.63, 3.8) is 0 Å². The Morgan fingerprint density at radius 2 is 1.42 bits per heavy atom. The molecule has 0 unspecified atom stereocenters. The van der Waals surface area contributed by atoms with Gasteiger partial charge in [0.15, 0.2) is 0 Å². The highest BCUT2D eigenvalue weighted by Crippen LogP contribution is 2.31. The van der Waals surface area contributed by atoms with Crippen molar-refractivity contribution >= 4 is 5.97 Å². The molecular formula is C17H13F3O4. The van der Waals surface area contributed by atoms with Gasteiger partial charge in [-0.15, -0.1) is 0 Å². The number of halogens is 3. The fraction of sp³-hybridized carbons (Fsp3) is 0.118. The van der Waals surface area contributed by atoms with Gasteiger partial charge in [-0.2, -0.15) is 13.2 Å². The maximum absolute atomic E-state index is 12.5. The molecule has 0 heterocycles. The van der Waals surface area contributed by atoms with Crippen molar-refractivity contribution in [1.82, 2.24) is 0 Å². The van der Waals surface area contributed by atoms with Crippen molar-refractivity contribution in [2.45, 2.75) is 13.1 Å². The van der Waals surface area contributed by atoms with Crippen LogP contribution in [0.15, 0.2) is 60.4 Å². The van der Waals surface area contributed by atoms with Crippen LogP contribution < -0.4 is 9.47 Å². The molecule has 0 spiro atoms. The van der Waals surface area contributed by atoms with E-state index in [0.29, 0.717) is 11.5 Å². The van der Waals surface area contributed by atoms with E-state index in [9.17, 15) is 18.0 Å². The van der Waals surface area contributed by atoms with Crippen molar-refractivity contribution in [3.05, 3.63) is 65.9 Å². The smallest absolute Gasteiger partial charge is 0.416 e. The first kappa shape index (κ1) is 17.4. The van der Waals surface area contributed by atoms with E-state index in [1.807, 2.05) is 0 Å². The predicted molar refractivity (Wildman–Crippen MR) is 80.0 cm³/mol. The third-order valence-electron chi connectivity index (χ3n) is 2.94. The largest absolute Gasteiger partial charge is 0.475 e. The van der Waals surface area contributed by atoms with E-state index in [-0.39, 0.29) is 11.5 Å². The Bertz CT molecular complexity index is 732. The zero-order valence-corrected chi connectivity index (χ0v) is 12.5.